The van der Waals surface area contributed by atoms with Gasteiger partial charge in [0.15, 0.2) is 11.8 Å². The molecule has 19 heavy (non-hydrogen) atoms. The number of amides is 1. The summed E-state index contributed by atoms with van der Waals surface area (Å²) in [4.78, 5) is 18.0. The molecule has 0 fully saturated rings. The zero-order valence-corrected chi connectivity index (χ0v) is 12.2. The fourth-order valence-corrected chi connectivity index (χ4v) is 2.58. The molecule has 0 aromatic heterocycles. The van der Waals surface area contributed by atoms with Crippen molar-refractivity contribution >= 4 is 34.4 Å². The van der Waals surface area contributed by atoms with E-state index in [1.807, 2.05) is 6.92 Å². The molecule has 2 rings (SSSR count). The minimum absolute atomic E-state index is 0.0188. The monoisotopic (exact) mass is 298 g/mol. The number of aliphatic imine (C=N–C) groups is 1. The van der Waals surface area contributed by atoms with E-state index in [1.54, 1.807) is 40.9 Å². The highest BCUT2D eigenvalue weighted by molar-refractivity contribution is 8.13. The molecule has 0 aliphatic carbocycles. The van der Waals surface area contributed by atoms with Crippen molar-refractivity contribution in [3.8, 4) is 5.75 Å². The van der Waals surface area contributed by atoms with Crippen molar-refractivity contribution in [3.05, 3.63) is 29.3 Å². The van der Waals surface area contributed by atoms with E-state index >= 15 is 0 Å². The fourth-order valence-electron chi connectivity index (χ4n) is 1.66. The van der Waals surface area contributed by atoms with E-state index in [0.717, 1.165) is 10.9 Å². The summed E-state index contributed by atoms with van der Waals surface area (Å²) in [7, 11) is 0. The van der Waals surface area contributed by atoms with Gasteiger partial charge >= 0.3 is 0 Å². The summed E-state index contributed by atoms with van der Waals surface area (Å²) in [6, 6.07) is 6.96. The van der Waals surface area contributed by atoms with Crippen LogP contribution in [0.1, 0.15) is 6.92 Å². The quantitative estimate of drug-likeness (QED) is 0.858. The molecule has 102 valence electrons. The lowest BCUT2D eigenvalue weighted by atomic mass is 10.3. The second-order valence-corrected chi connectivity index (χ2v) is 5.55. The Morgan fingerprint density at radius 1 is 1.47 bits per heavy atom. The van der Waals surface area contributed by atoms with Gasteiger partial charge in [0.25, 0.3) is 5.91 Å². The average Bonchev–Trinajstić information content (AvgIpc) is 2.86. The van der Waals surface area contributed by atoms with Gasteiger partial charge in [0.2, 0.25) is 0 Å². The Kier molecular flexibility index (Phi) is 5.10. The number of carbonyl (C=O) groups excluding carboxylic acids is 1. The van der Waals surface area contributed by atoms with Crippen LogP contribution >= 0.6 is 23.4 Å². The number of amidine groups is 1. The molecule has 0 unspecified atom stereocenters. The molecule has 1 aromatic rings. The Hall–Kier alpha value is -1.20. The van der Waals surface area contributed by atoms with Crippen LogP contribution in [-0.4, -0.2) is 41.4 Å². The first kappa shape index (κ1) is 14.2. The van der Waals surface area contributed by atoms with Crippen LogP contribution in [0.25, 0.3) is 0 Å². The van der Waals surface area contributed by atoms with E-state index in [-0.39, 0.29) is 12.5 Å². The van der Waals surface area contributed by atoms with E-state index in [1.165, 1.54) is 0 Å². The summed E-state index contributed by atoms with van der Waals surface area (Å²) in [6.45, 7) is 3.38. The van der Waals surface area contributed by atoms with Gasteiger partial charge in [0.05, 0.1) is 6.54 Å². The van der Waals surface area contributed by atoms with Crippen molar-refractivity contribution in [2.45, 2.75) is 6.92 Å². The summed E-state index contributed by atoms with van der Waals surface area (Å²) in [5, 5.41) is 1.44. The Balaban J connectivity index is 1.87. The topological polar surface area (TPSA) is 41.9 Å². The van der Waals surface area contributed by atoms with Crippen LogP contribution < -0.4 is 4.74 Å². The molecule has 4 nitrogen and oxygen atoms in total. The van der Waals surface area contributed by atoms with Crippen molar-refractivity contribution in [1.29, 1.82) is 0 Å². The zero-order valence-electron chi connectivity index (χ0n) is 10.6. The third-order valence-electron chi connectivity index (χ3n) is 2.55. The normalized spacial score (nSPS) is 14.4. The molecule has 0 saturated carbocycles. The number of ether oxygens (including phenoxy) is 1. The number of hydrogen-bond acceptors (Lipinski definition) is 4. The molecule has 0 saturated heterocycles. The maximum Gasteiger partial charge on any atom is 0.266 e. The molecule has 0 N–H and O–H groups in total. The molecule has 0 bridgehead atoms. The Labute approximate surface area is 121 Å². The average molecular weight is 299 g/mol. The van der Waals surface area contributed by atoms with Crippen LogP contribution in [0.5, 0.6) is 5.75 Å². The summed E-state index contributed by atoms with van der Waals surface area (Å²) < 4.78 is 5.45. The third kappa shape index (κ3) is 3.88. The van der Waals surface area contributed by atoms with E-state index in [0.29, 0.717) is 23.9 Å². The molecule has 1 heterocycles. The zero-order chi connectivity index (χ0) is 13.7. The number of rotatable bonds is 4. The third-order valence-corrected chi connectivity index (χ3v) is 3.70. The number of benzene rings is 1. The predicted octanol–water partition coefficient (Wildman–Crippen LogP) is 2.67. The maximum atomic E-state index is 12.1. The van der Waals surface area contributed by atoms with Crippen molar-refractivity contribution < 1.29 is 9.53 Å². The molecular weight excluding hydrogens is 284 g/mol. The van der Waals surface area contributed by atoms with Gasteiger partial charge in [-0.3, -0.25) is 14.7 Å². The Morgan fingerprint density at radius 3 is 2.89 bits per heavy atom. The van der Waals surface area contributed by atoms with Crippen molar-refractivity contribution in [2.24, 2.45) is 4.99 Å². The Morgan fingerprint density at radius 2 is 2.21 bits per heavy atom. The van der Waals surface area contributed by atoms with Gasteiger partial charge in [0.1, 0.15) is 5.75 Å². The molecular formula is C13H15ClN2O2S. The Bertz CT molecular complexity index is 476. The number of halogens is 1. The molecule has 1 amide bonds. The smallest absolute Gasteiger partial charge is 0.266 e. The van der Waals surface area contributed by atoms with Crippen LogP contribution in [0.15, 0.2) is 29.3 Å². The van der Waals surface area contributed by atoms with Crippen LogP contribution in [0.4, 0.5) is 0 Å². The number of thioether (sulfide) groups is 1. The minimum Gasteiger partial charge on any atom is -0.484 e. The molecule has 0 atom stereocenters. The first-order valence-corrected chi connectivity index (χ1v) is 7.43. The predicted molar refractivity (Wildman–Crippen MR) is 79.1 cm³/mol. The highest BCUT2D eigenvalue weighted by atomic mass is 35.5. The molecule has 1 aromatic carbocycles. The van der Waals surface area contributed by atoms with E-state index in [2.05, 4.69) is 4.99 Å². The first-order chi connectivity index (χ1) is 9.20. The van der Waals surface area contributed by atoms with Crippen molar-refractivity contribution in [3.63, 3.8) is 0 Å². The molecule has 0 radical (unpaired) electrons. The van der Waals surface area contributed by atoms with Gasteiger partial charge in [-0.1, -0.05) is 30.3 Å². The van der Waals surface area contributed by atoms with Crippen LogP contribution in [0, 0.1) is 0 Å². The van der Waals surface area contributed by atoms with Gasteiger partial charge in [-0.25, -0.2) is 0 Å². The van der Waals surface area contributed by atoms with Gasteiger partial charge in [-0.05, 0) is 30.0 Å². The molecule has 6 heteroatoms. The molecule has 1 aliphatic heterocycles. The highest BCUT2D eigenvalue weighted by Crippen LogP contribution is 2.17. The van der Waals surface area contributed by atoms with Crippen molar-refractivity contribution in [2.75, 3.05) is 25.4 Å². The van der Waals surface area contributed by atoms with Crippen LogP contribution in [-0.2, 0) is 4.79 Å². The lowest BCUT2D eigenvalue weighted by Crippen LogP contribution is -2.36. The van der Waals surface area contributed by atoms with Gasteiger partial charge in [0, 0.05) is 11.6 Å². The standard InChI is InChI=1S/C13H15ClN2O2S/c1-2-19-13-15-7-8-16(13)12(17)9-18-11-5-3-10(14)4-6-11/h3-6H,2,7-9H2,1H3. The minimum atomic E-state index is -0.0628. The van der Waals surface area contributed by atoms with Crippen LogP contribution in [0.3, 0.4) is 0 Å². The van der Waals surface area contributed by atoms with E-state index < -0.39 is 0 Å². The highest BCUT2D eigenvalue weighted by Gasteiger charge is 2.23. The summed E-state index contributed by atoms with van der Waals surface area (Å²) in [5.41, 5.74) is 0. The number of hydrogen-bond donors (Lipinski definition) is 0. The lowest BCUT2D eigenvalue weighted by molar-refractivity contribution is -0.128. The van der Waals surface area contributed by atoms with Crippen LogP contribution in [0.2, 0.25) is 5.02 Å². The lowest BCUT2D eigenvalue weighted by Gasteiger charge is -2.17. The second kappa shape index (κ2) is 6.82. The van der Waals surface area contributed by atoms with E-state index in [4.69, 9.17) is 16.3 Å². The maximum absolute atomic E-state index is 12.1. The largest absolute Gasteiger partial charge is 0.484 e. The fraction of sp³-hybridized carbons (Fsp3) is 0.385. The first-order valence-electron chi connectivity index (χ1n) is 6.06. The van der Waals surface area contributed by atoms with Gasteiger partial charge < -0.3 is 4.74 Å². The molecule has 1 aliphatic rings. The molecule has 0 spiro atoms. The SMILES string of the molecule is CCSC1=NCCN1C(=O)COc1ccc(Cl)cc1. The van der Waals surface area contributed by atoms with Crippen molar-refractivity contribution in [1.82, 2.24) is 4.90 Å². The van der Waals surface area contributed by atoms with E-state index in [9.17, 15) is 4.79 Å². The summed E-state index contributed by atoms with van der Waals surface area (Å²) in [6.07, 6.45) is 0. The summed E-state index contributed by atoms with van der Waals surface area (Å²) in [5.74, 6) is 1.48. The summed E-state index contributed by atoms with van der Waals surface area (Å²) >= 11 is 7.36. The number of nitrogens with zero attached hydrogens (tertiary/aromatic N) is 2. The van der Waals surface area contributed by atoms with Gasteiger partial charge in [-0.15, -0.1) is 0 Å². The number of carbonyl (C=O) groups is 1. The van der Waals surface area contributed by atoms with Gasteiger partial charge in [-0.2, -0.15) is 0 Å². The second-order valence-electron chi connectivity index (χ2n) is 3.89.